The van der Waals surface area contributed by atoms with Gasteiger partial charge in [0.25, 0.3) is 23.6 Å². The molecule has 2 aliphatic heterocycles. The lowest BCUT2D eigenvalue weighted by atomic mass is 10.0. The summed E-state index contributed by atoms with van der Waals surface area (Å²) in [6.45, 7) is 0. The first-order valence-corrected chi connectivity index (χ1v) is 14.0. The standard InChI is InChI=1S/C27H42N2O8/c30-22-18-19-23(31)28(22)36-26(34)16-14-12-10-8-6-4-2-1-3-5-7-9-11-13-15-17-27(35)37-29-24(32)20-21-25(29)33/h1-21H2. The molecule has 0 bridgehead atoms. The van der Waals surface area contributed by atoms with E-state index >= 15 is 0 Å². The highest BCUT2D eigenvalue weighted by atomic mass is 16.7. The van der Waals surface area contributed by atoms with Crippen LogP contribution in [0, 0.1) is 0 Å². The quantitative estimate of drug-likeness (QED) is 0.164. The van der Waals surface area contributed by atoms with Crippen LogP contribution in [0.4, 0.5) is 0 Å². The number of hydrogen-bond donors (Lipinski definition) is 0. The number of rotatable bonds is 20. The first-order valence-electron chi connectivity index (χ1n) is 14.0. The maximum atomic E-state index is 11.7. The van der Waals surface area contributed by atoms with Gasteiger partial charge in [0.15, 0.2) is 0 Å². The minimum Gasteiger partial charge on any atom is -0.330 e. The van der Waals surface area contributed by atoms with Gasteiger partial charge in [-0.25, -0.2) is 9.59 Å². The third-order valence-electron chi connectivity index (χ3n) is 6.66. The molecule has 2 heterocycles. The Hall–Kier alpha value is -2.78. The average Bonchev–Trinajstić information content (AvgIpc) is 3.36. The molecule has 10 heteroatoms. The highest BCUT2D eigenvalue weighted by Crippen LogP contribution is 2.17. The predicted octanol–water partition coefficient (Wildman–Crippen LogP) is 4.83. The SMILES string of the molecule is O=C(CCCCCCCCCCCCCCCCCC(=O)ON1C(=O)CCC1=O)ON1C(=O)CCC1=O. The van der Waals surface area contributed by atoms with Crippen LogP contribution in [0.1, 0.15) is 135 Å². The van der Waals surface area contributed by atoms with E-state index in [0.717, 1.165) is 38.5 Å². The Bertz CT molecular complexity index is 701. The van der Waals surface area contributed by atoms with Gasteiger partial charge in [-0.1, -0.05) is 83.5 Å². The molecule has 4 amide bonds. The molecule has 0 spiro atoms. The number of hydroxylamine groups is 4. The van der Waals surface area contributed by atoms with Crippen molar-refractivity contribution >= 4 is 35.6 Å². The summed E-state index contributed by atoms with van der Waals surface area (Å²) in [4.78, 5) is 78.8. The van der Waals surface area contributed by atoms with Gasteiger partial charge in [0.2, 0.25) is 0 Å². The molecule has 0 unspecified atom stereocenters. The zero-order valence-electron chi connectivity index (χ0n) is 22.0. The zero-order valence-corrected chi connectivity index (χ0v) is 22.0. The number of hydrogen-bond acceptors (Lipinski definition) is 8. The molecule has 10 nitrogen and oxygen atoms in total. The van der Waals surface area contributed by atoms with E-state index < -0.39 is 35.6 Å². The maximum Gasteiger partial charge on any atom is 0.333 e. The number of amides is 4. The molecule has 0 radical (unpaired) electrons. The van der Waals surface area contributed by atoms with Crippen molar-refractivity contribution in [3.63, 3.8) is 0 Å². The minimum atomic E-state index is -0.515. The van der Waals surface area contributed by atoms with Gasteiger partial charge in [0.05, 0.1) is 0 Å². The van der Waals surface area contributed by atoms with Gasteiger partial charge in [-0.2, -0.15) is 0 Å². The fourth-order valence-electron chi connectivity index (χ4n) is 4.45. The molecule has 0 aromatic rings. The molecule has 2 rings (SSSR count). The second kappa shape index (κ2) is 17.6. The fraction of sp³-hybridized carbons (Fsp3) is 0.778. The Morgan fingerprint density at radius 1 is 0.432 bits per heavy atom. The maximum absolute atomic E-state index is 11.7. The molecule has 0 aliphatic carbocycles. The van der Waals surface area contributed by atoms with Gasteiger partial charge in [-0.3, -0.25) is 19.2 Å². The van der Waals surface area contributed by atoms with Crippen molar-refractivity contribution in [2.24, 2.45) is 0 Å². The highest BCUT2D eigenvalue weighted by Gasteiger charge is 2.33. The van der Waals surface area contributed by atoms with Gasteiger partial charge in [0, 0.05) is 38.5 Å². The van der Waals surface area contributed by atoms with E-state index in [0.29, 0.717) is 23.0 Å². The molecular weight excluding hydrogens is 480 g/mol. The summed E-state index contributed by atoms with van der Waals surface area (Å²) >= 11 is 0. The summed E-state index contributed by atoms with van der Waals surface area (Å²) in [6, 6.07) is 0. The van der Waals surface area contributed by atoms with Gasteiger partial charge in [0.1, 0.15) is 0 Å². The van der Waals surface area contributed by atoms with Gasteiger partial charge in [-0.05, 0) is 12.8 Å². The van der Waals surface area contributed by atoms with E-state index in [1.54, 1.807) is 0 Å². The van der Waals surface area contributed by atoms with Crippen LogP contribution < -0.4 is 0 Å². The Balaban J connectivity index is 1.27. The summed E-state index contributed by atoms with van der Waals surface area (Å²) in [7, 11) is 0. The van der Waals surface area contributed by atoms with E-state index in [-0.39, 0.29) is 38.5 Å². The van der Waals surface area contributed by atoms with Gasteiger partial charge < -0.3 is 9.68 Å². The molecular formula is C27H42N2O8. The molecule has 2 aliphatic rings. The number of carbonyl (C=O) groups excluding carboxylic acids is 6. The first-order chi connectivity index (χ1) is 17.9. The number of imide groups is 2. The van der Waals surface area contributed by atoms with Crippen LogP contribution >= 0.6 is 0 Å². The van der Waals surface area contributed by atoms with Crippen LogP contribution in [0.3, 0.4) is 0 Å². The topological polar surface area (TPSA) is 127 Å². The first kappa shape index (κ1) is 30.4. The molecule has 2 saturated heterocycles. The molecule has 0 aromatic heterocycles. The van der Waals surface area contributed by atoms with Crippen molar-refractivity contribution in [2.75, 3.05) is 0 Å². The van der Waals surface area contributed by atoms with E-state index in [1.807, 2.05) is 0 Å². The lowest BCUT2D eigenvalue weighted by molar-refractivity contribution is -0.197. The Morgan fingerprint density at radius 3 is 0.892 bits per heavy atom. The predicted molar refractivity (Wildman–Crippen MR) is 133 cm³/mol. The van der Waals surface area contributed by atoms with Crippen LogP contribution in [0.25, 0.3) is 0 Å². The number of nitrogens with zero attached hydrogens (tertiary/aromatic N) is 2. The van der Waals surface area contributed by atoms with E-state index in [1.165, 1.54) is 44.9 Å². The van der Waals surface area contributed by atoms with Crippen LogP contribution in [0.5, 0.6) is 0 Å². The second-order valence-corrected chi connectivity index (χ2v) is 9.89. The summed E-state index contributed by atoms with van der Waals surface area (Å²) in [6.07, 6.45) is 17.2. The van der Waals surface area contributed by atoms with Crippen molar-refractivity contribution in [3.8, 4) is 0 Å². The second-order valence-electron chi connectivity index (χ2n) is 9.89. The lowest BCUT2D eigenvalue weighted by Gasteiger charge is -2.12. The van der Waals surface area contributed by atoms with Crippen LogP contribution in [-0.4, -0.2) is 45.7 Å². The third kappa shape index (κ3) is 12.3. The molecule has 37 heavy (non-hydrogen) atoms. The average molecular weight is 523 g/mol. The summed E-state index contributed by atoms with van der Waals surface area (Å²) in [5.74, 6) is -2.79. The summed E-state index contributed by atoms with van der Waals surface area (Å²) in [5, 5.41) is 1.22. The van der Waals surface area contributed by atoms with E-state index in [2.05, 4.69) is 0 Å². The molecule has 208 valence electrons. The molecule has 0 atom stereocenters. The van der Waals surface area contributed by atoms with Crippen molar-refractivity contribution in [2.45, 2.75) is 135 Å². The van der Waals surface area contributed by atoms with Crippen molar-refractivity contribution < 1.29 is 38.4 Å². The fourth-order valence-corrected chi connectivity index (χ4v) is 4.45. The Kier molecular flexibility index (Phi) is 14.5. The van der Waals surface area contributed by atoms with E-state index in [4.69, 9.17) is 9.68 Å². The van der Waals surface area contributed by atoms with Crippen molar-refractivity contribution in [3.05, 3.63) is 0 Å². The summed E-state index contributed by atoms with van der Waals surface area (Å²) < 4.78 is 0. The lowest BCUT2D eigenvalue weighted by Crippen LogP contribution is -2.31. The van der Waals surface area contributed by atoms with Gasteiger partial charge >= 0.3 is 11.9 Å². The third-order valence-corrected chi connectivity index (χ3v) is 6.66. The number of carbonyl (C=O) groups is 6. The van der Waals surface area contributed by atoms with Crippen LogP contribution in [0.15, 0.2) is 0 Å². The Morgan fingerprint density at radius 2 is 0.649 bits per heavy atom. The minimum absolute atomic E-state index is 0.115. The monoisotopic (exact) mass is 522 g/mol. The van der Waals surface area contributed by atoms with Gasteiger partial charge in [-0.15, -0.1) is 10.1 Å². The van der Waals surface area contributed by atoms with Crippen molar-refractivity contribution in [1.82, 2.24) is 10.1 Å². The molecule has 0 N–H and O–H groups in total. The van der Waals surface area contributed by atoms with E-state index in [9.17, 15) is 28.8 Å². The number of unbranched alkanes of at least 4 members (excludes halogenated alkanes) is 14. The summed E-state index contributed by atoms with van der Waals surface area (Å²) in [5.41, 5.74) is 0. The molecule has 0 aromatic carbocycles. The van der Waals surface area contributed by atoms with Crippen LogP contribution in [-0.2, 0) is 38.4 Å². The Labute approximate surface area is 219 Å². The van der Waals surface area contributed by atoms with Crippen molar-refractivity contribution in [1.29, 1.82) is 0 Å². The van der Waals surface area contributed by atoms with Crippen LogP contribution in [0.2, 0.25) is 0 Å². The smallest absolute Gasteiger partial charge is 0.330 e. The zero-order chi connectivity index (χ0) is 26.9. The normalized spacial score (nSPS) is 15.7. The highest BCUT2D eigenvalue weighted by molar-refractivity contribution is 6.02. The largest absolute Gasteiger partial charge is 0.333 e. The molecule has 0 saturated carbocycles. The molecule has 2 fully saturated rings.